The number of aliphatic hydroxyl groups excluding tert-OH is 1. The molecule has 23 heavy (non-hydrogen) atoms. The van der Waals surface area contributed by atoms with Crippen molar-refractivity contribution in [2.24, 2.45) is 5.41 Å². The molecule has 1 aromatic rings. The fraction of sp³-hybridized carbons (Fsp3) is 0.611. The molecular weight excluding hydrogens is 292 g/mol. The number of ether oxygens (including phenoxy) is 1. The van der Waals surface area contributed by atoms with Gasteiger partial charge in [0.15, 0.2) is 6.61 Å². The molecule has 0 bridgehead atoms. The van der Waals surface area contributed by atoms with Crippen LogP contribution in [-0.4, -0.2) is 48.8 Å². The highest BCUT2D eigenvalue weighted by Crippen LogP contribution is 2.29. The van der Waals surface area contributed by atoms with Crippen molar-refractivity contribution in [3.8, 4) is 5.75 Å². The summed E-state index contributed by atoms with van der Waals surface area (Å²) in [7, 11) is 0. The van der Waals surface area contributed by atoms with Crippen molar-refractivity contribution in [1.29, 1.82) is 0 Å². The van der Waals surface area contributed by atoms with E-state index in [0.717, 1.165) is 32.5 Å². The van der Waals surface area contributed by atoms with Gasteiger partial charge in [0.05, 0.1) is 0 Å². The first-order valence-corrected chi connectivity index (χ1v) is 8.36. The Kier molecular flexibility index (Phi) is 6.42. The lowest BCUT2D eigenvalue weighted by atomic mass is 9.82. The number of hydrogen-bond acceptors (Lipinski definition) is 4. The minimum Gasteiger partial charge on any atom is -0.484 e. The number of amides is 1. The average Bonchev–Trinajstić information content (AvgIpc) is 2.55. The van der Waals surface area contributed by atoms with Gasteiger partial charge in [-0.1, -0.05) is 19.1 Å². The molecule has 1 aliphatic heterocycles. The van der Waals surface area contributed by atoms with E-state index in [1.807, 2.05) is 31.2 Å². The van der Waals surface area contributed by atoms with Gasteiger partial charge < -0.3 is 15.2 Å². The standard InChI is InChI=1S/C18H28N2O3/c1-3-19-17(22)12-23-16-7-5-15(6-8-16)11-20-10-4-9-18(2,13-20)14-21/h5-8,21H,3-4,9-14H2,1-2H3,(H,19,22). The summed E-state index contributed by atoms with van der Waals surface area (Å²) in [5.41, 5.74) is 1.24. The van der Waals surface area contributed by atoms with E-state index in [1.165, 1.54) is 5.56 Å². The number of carbonyl (C=O) groups is 1. The summed E-state index contributed by atoms with van der Waals surface area (Å²) in [5.74, 6) is 0.604. The van der Waals surface area contributed by atoms with Gasteiger partial charge in [-0.3, -0.25) is 9.69 Å². The zero-order valence-electron chi connectivity index (χ0n) is 14.2. The van der Waals surface area contributed by atoms with Gasteiger partial charge in [-0.05, 0) is 44.0 Å². The van der Waals surface area contributed by atoms with Crippen molar-refractivity contribution in [1.82, 2.24) is 10.2 Å². The molecule has 1 unspecified atom stereocenters. The summed E-state index contributed by atoms with van der Waals surface area (Å²) >= 11 is 0. The average molecular weight is 320 g/mol. The first-order valence-electron chi connectivity index (χ1n) is 8.36. The predicted octanol–water partition coefficient (Wildman–Crippen LogP) is 1.80. The number of rotatable bonds is 7. The van der Waals surface area contributed by atoms with Crippen molar-refractivity contribution in [2.75, 3.05) is 32.8 Å². The molecule has 0 saturated carbocycles. The minimum absolute atomic E-state index is 0.0218. The van der Waals surface area contributed by atoms with E-state index in [9.17, 15) is 9.90 Å². The van der Waals surface area contributed by atoms with Gasteiger partial charge in [-0.2, -0.15) is 0 Å². The number of benzene rings is 1. The van der Waals surface area contributed by atoms with Crippen LogP contribution in [0.15, 0.2) is 24.3 Å². The maximum Gasteiger partial charge on any atom is 0.257 e. The summed E-state index contributed by atoms with van der Waals surface area (Å²) in [5, 5.41) is 12.2. The van der Waals surface area contributed by atoms with E-state index in [-0.39, 0.29) is 24.5 Å². The summed E-state index contributed by atoms with van der Waals surface area (Å²) < 4.78 is 5.46. The molecule has 1 amide bonds. The minimum atomic E-state index is -0.104. The van der Waals surface area contributed by atoms with Crippen molar-refractivity contribution in [3.63, 3.8) is 0 Å². The third kappa shape index (κ3) is 5.52. The van der Waals surface area contributed by atoms with Gasteiger partial charge in [0.1, 0.15) is 5.75 Å². The normalized spacial score (nSPS) is 21.9. The lowest BCUT2D eigenvalue weighted by molar-refractivity contribution is -0.122. The molecule has 0 spiro atoms. The maximum atomic E-state index is 11.4. The number of carbonyl (C=O) groups excluding carboxylic acids is 1. The van der Waals surface area contributed by atoms with Crippen LogP contribution in [0.1, 0.15) is 32.3 Å². The number of aliphatic hydroxyl groups is 1. The van der Waals surface area contributed by atoms with Crippen LogP contribution in [0, 0.1) is 5.41 Å². The van der Waals surface area contributed by atoms with E-state index < -0.39 is 0 Å². The number of hydrogen-bond donors (Lipinski definition) is 2. The number of likely N-dealkylation sites (N-methyl/N-ethyl adjacent to an activating group) is 1. The third-order valence-corrected chi connectivity index (χ3v) is 4.32. The summed E-state index contributed by atoms with van der Waals surface area (Å²) in [6.07, 6.45) is 2.22. The molecule has 1 heterocycles. The Labute approximate surface area is 138 Å². The molecule has 2 rings (SSSR count). The quantitative estimate of drug-likeness (QED) is 0.804. The van der Waals surface area contributed by atoms with Crippen LogP contribution in [0.2, 0.25) is 0 Å². The van der Waals surface area contributed by atoms with Crippen LogP contribution < -0.4 is 10.1 Å². The maximum absolute atomic E-state index is 11.4. The second-order valence-corrected chi connectivity index (χ2v) is 6.67. The Hall–Kier alpha value is -1.59. The first-order chi connectivity index (χ1) is 11.0. The number of nitrogens with zero attached hydrogens (tertiary/aromatic N) is 1. The van der Waals surface area contributed by atoms with Gasteiger partial charge in [-0.25, -0.2) is 0 Å². The fourth-order valence-electron chi connectivity index (χ4n) is 3.04. The molecule has 0 aromatic heterocycles. The van der Waals surface area contributed by atoms with E-state index >= 15 is 0 Å². The second kappa shape index (κ2) is 8.31. The monoisotopic (exact) mass is 320 g/mol. The molecule has 1 aromatic carbocycles. The molecular formula is C18H28N2O3. The summed E-state index contributed by atoms with van der Waals surface area (Å²) in [4.78, 5) is 13.8. The van der Waals surface area contributed by atoms with Crippen LogP contribution >= 0.6 is 0 Å². The van der Waals surface area contributed by atoms with Crippen LogP contribution in [0.5, 0.6) is 5.75 Å². The fourth-order valence-corrected chi connectivity index (χ4v) is 3.04. The molecule has 1 aliphatic rings. The number of piperidine rings is 1. The smallest absolute Gasteiger partial charge is 0.257 e. The van der Waals surface area contributed by atoms with Gasteiger partial charge in [-0.15, -0.1) is 0 Å². The third-order valence-electron chi connectivity index (χ3n) is 4.32. The molecule has 5 heteroatoms. The van der Waals surface area contributed by atoms with Crippen molar-refractivity contribution in [3.05, 3.63) is 29.8 Å². The van der Waals surface area contributed by atoms with E-state index in [0.29, 0.717) is 12.3 Å². The summed E-state index contributed by atoms with van der Waals surface area (Å²) in [6, 6.07) is 7.89. The van der Waals surface area contributed by atoms with Crippen molar-refractivity contribution < 1.29 is 14.6 Å². The topological polar surface area (TPSA) is 61.8 Å². The molecule has 5 nitrogen and oxygen atoms in total. The second-order valence-electron chi connectivity index (χ2n) is 6.67. The highest BCUT2D eigenvalue weighted by molar-refractivity contribution is 5.77. The zero-order valence-corrected chi connectivity index (χ0v) is 14.2. The number of likely N-dealkylation sites (tertiary alicyclic amines) is 1. The molecule has 128 valence electrons. The Morgan fingerprint density at radius 1 is 1.39 bits per heavy atom. The molecule has 1 atom stereocenters. The lowest BCUT2D eigenvalue weighted by Crippen LogP contribution is -2.43. The predicted molar refractivity (Wildman–Crippen MR) is 90.3 cm³/mol. The van der Waals surface area contributed by atoms with Crippen LogP contribution in [0.25, 0.3) is 0 Å². The van der Waals surface area contributed by atoms with Gasteiger partial charge in [0, 0.05) is 31.7 Å². The van der Waals surface area contributed by atoms with Gasteiger partial charge in [0.25, 0.3) is 5.91 Å². The van der Waals surface area contributed by atoms with E-state index in [2.05, 4.69) is 17.1 Å². The molecule has 0 radical (unpaired) electrons. The number of nitrogens with one attached hydrogen (secondary N) is 1. The first kappa shape index (κ1) is 17.8. The van der Waals surface area contributed by atoms with Crippen molar-refractivity contribution in [2.45, 2.75) is 33.2 Å². The van der Waals surface area contributed by atoms with Crippen molar-refractivity contribution >= 4 is 5.91 Å². The molecule has 1 fully saturated rings. The Balaban J connectivity index is 1.84. The molecule has 1 saturated heterocycles. The largest absolute Gasteiger partial charge is 0.484 e. The van der Waals surface area contributed by atoms with E-state index in [4.69, 9.17) is 4.74 Å². The molecule has 0 aliphatic carbocycles. The Morgan fingerprint density at radius 2 is 2.13 bits per heavy atom. The lowest BCUT2D eigenvalue weighted by Gasteiger charge is -2.39. The van der Waals surface area contributed by atoms with Gasteiger partial charge >= 0.3 is 0 Å². The Morgan fingerprint density at radius 3 is 2.78 bits per heavy atom. The molecule has 2 N–H and O–H groups in total. The van der Waals surface area contributed by atoms with E-state index in [1.54, 1.807) is 0 Å². The zero-order chi connectivity index (χ0) is 16.7. The Bertz CT molecular complexity index is 503. The SMILES string of the molecule is CCNC(=O)COc1ccc(CN2CCCC(C)(CO)C2)cc1. The highest BCUT2D eigenvalue weighted by Gasteiger charge is 2.30. The van der Waals surface area contributed by atoms with Crippen LogP contribution in [-0.2, 0) is 11.3 Å². The van der Waals surface area contributed by atoms with Crippen LogP contribution in [0.4, 0.5) is 0 Å². The highest BCUT2D eigenvalue weighted by atomic mass is 16.5. The summed E-state index contributed by atoms with van der Waals surface area (Å²) in [6.45, 7) is 7.83. The van der Waals surface area contributed by atoms with Crippen LogP contribution in [0.3, 0.4) is 0 Å². The van der Waals surface area contributed by atoms with Gasteiger partial charge in [0.2, 0.25) is 0 Å².